The van der Waals surface area contributed by atoms with Crippen LogP contribution in [0.5, 0.6) is 11.5 Å². The van der Waals surface area contributed by atoms with E-state index in [0.29, 0.717) is 5.75 Å². The molecule has 0 aromatic heterocycles. The Morgan fingerprint density at radius 1 is 1.05 bits per heavy atom. The van der Waals surface area contributed by atoms with Crippen LogP contribution >= 0.6 is 0 Å². The van der Waals surface area contributed by atoms with Crippen molar-refractivity contribution in [2.45, 2.75) is 0 Å². The van der Waals surface area contributed by atoms with Crippen LogP contribution in [0, 0.1) is 0 Å². The molecule has 0 unspecified atom stereocenters. The van der Waals surface area contributed by atoms with Gasteiger partial charge in [-0.2, -0.15) is 8.42 Å². The molecule has 116 valence electrons. The van der Waals surface area contributed by atoms with Gasteiger partial charge in [0.2, 0.25) is 0 Å². The van der Waals surface area contributed by atoms with Crippen molar-refractivity contribution in [2.24, 2.45) is 0 Å². The van der Waals surface area contributed by atoms with E-state index in [1.165, 1.54) is 24.3 Å². The zero-order valence-corrected chi connectivity index (χ0v) is 12.0. The van der Waals surface area contributed by atoms with Crippen LogP contribution < -0.4 is 14.2 Å². The third-order valence-corrected chi connectivity index (χ3v) is 2.84. The molecular formula is C14H12FNO5S. The molecule has 0 saturated carbocycles. The summed E-state index contributed by atoms with van der Waals surface area (Å²) in [6.45, 7) is -0.291. The van der Waals surface area contributed by atoms with E-state index < -0.39 is 16.4 Å². The van der Waals surface area contributed by atoms with E-state index in [4.69, 9.17) is 4.74 Å². The van der Waals surface area contributed by atoms with Crippen molar-refractivity contribution in [3.8, 4) is 11.5 Å². The monoisotopic (exact) mass is 325 g/mol. The summed E-state index contributed by atoms with van der Waals surface area (Å²) in [7, 11) is -5.17. The predicted molar refractivity (Wildman–Crippen MR) is 77.7 cm³/mol. The van der Waals surface area contributed by atoms with Gasteiger partial charge in [0.15, 0.2) is 12.4 Å². The summed E-state index contributed by atoms with van der Waals surface area (Å²) in [4.78, 5) is 11.8. The van der Waals surface area contributed by atoms with Crippen molar-refractivity contribution < 1.29 is 26.0 Å². The standard InChI is InChI=1S/C14H12FNO5S/c15-22(18,19)21-13-9-5-4-8-12(13)16-14(17)10-20-11-6-2-1-3-7-11/h1-9H,10H2,(H,16,17). The fraction of sp³-hybridized carbons (Fsp3) is 0.0714. The summed E-state index contributed by atoms with van der Waals surface area (Å²) in [5, 5.41) is 2.38. The number of amides is 1. The van der Waals surface area contributed by atoms with Crippen molar-refractivity contribution in [1.29, 1.82) is 0 Å². The van der Waals surface area contributed by atoms with Crippen molar-refractivity contribution in [1.82, 2.24) is 0 Å². The van der Waals surface area contributed by atoms with Gasteiger partial charge in [0.1, 0.15) is 5.75 Å². The summed E-state index contributed by atoms with van der Waals surface area (Å²) >= 11 is 0. The Morgan fingerprint density at radius 3 is 2.36 bits per heavy atom. The molecule has 6 nitrogen and oxygen atoms in total. The number of ether oxygens (including phenoxy) is 1. The SMILES string of the molecule is O=C(COc1ccccc1)Nc1ccccc1OS(=O)(=O)F. The largest absolute Gasteiger partial charge is 0.488 e. The maximum atomic E-state index is 12.6. The highest BCUT2D eigenvalue weighted by molar-refractivity contribution is 7.81. The maximum absolute atomic E-state index is 12.6. The molecule has 0 atom stereocenters. The molecule has 8 heteroatoms. The van der Waals surface area contributed by atoms with Gasteiger partial charge in [-0.15, -0.1) is 0 Å². The second kappa shape index (κ2) is 6.90. The summed E-state index contributed by atoms with van der Waals surface area (Å²) < 4.78 is 43.0. The number of hydrogen-bond acceptors (Lipinski definition) is 5. The van der Waals surface area contributed by atoms with Gasteiger partial charge in [0.05, 0.1) is 5.69 Å². The van der Waals surface area contributed by atoms with Gasteiger partial charge in [-0.3, -0.25) is 4.79 Å². The van der Waals surface area contributed by atoms with Crippen LogP contribution in [0.2, 0.25) is 0 Å². The summed E-state index contributed by atoms with van der Waals surface area (Å²) in [5.41, 5.74) is 0.0189. The Kier molecular flexibility index (Phi) is 4.95. The Labute approximate surface area is 126 Å². The van der Waals surface area contributed by atoms with E-state index in [1.54, 1.807) is 30.3 Å². The number of nitrogens with one attached hydrogen (secondary N) is 1. The second-order valence-corrected chi connectivity index (χ2v) is 5.08. The highest BCUT2D eigenvalue weighted by atomic mass is 32.3. The van der Waals surface area contributed by atoms with E-state index in [0.717, 1.165) is 0 Å². The van der Waals surface area contributed by atoms with Crippen LogP contribution in [0.25, 0.3) is 0 Å². The predicted octanol–water partition coefficient (Wildman–Crippen LogP) is 2.30. The Morgan fingerprint density at radius 2 is 1.68 bits per heavy atom. The van der Waals surface area contributed by atoms with Gasteiger partial charge >= 0.3 is 10.5 Å². The minimum absolute atomic E-state index is 0.0189. The Balaban J connectivity index is 2.00. The van der Waals surface area contributed by atoms with Gasteiger partial charge in [-0.25, -0.2) is 0 Å². The Bertz CT molecular complexity index is 749. The van der Waals surface area contributed by atoms with Crippen molar-refractivity contribution >= 4 is 22.1 Å². The molecule has 0 radical (unpaired) electrons. The number of para-hydroxylation sites is 3. The number of carbonyl (C=O) groups excluding carboxylic acids is 1. The van der Waals surface area contributed by atoms with Gasteiger partial charge < -0.3 is 14.2 Å². The van der Waals surface area contributed by atoms with E-state index in [9.17, 15) is 17.1 Å². The first kappa shape index (κ1) is 15.8. The van der Waals surface area contributed by atoms with E-state index >= 15 is 0 Å². The smallest absolute Gasteiger partial charge is 0.484 e. The van der Waals surface area contributed by atoms with Gasteiger partial charge in [0, 0.05) is 0 Å². The van der Waals surface area contributed by atoms with Gasteiger partial charge in [-0.05, 0) is 24.3 Å². The number of anilines is 1. The molecule has 2 aromatic carbocycles. The molecule has 2 aromatic rings. The molecule has 0 aliphatic heterocycles. The number of halogens is 1. The van der Waals surface area contributed by atoms with Crippen LogP contribution in [0.1, 0.15) is 0 Å². The second-order valence-electron chi connectivity index (χ2n) is 4.12. The minimum atomic E-state index is -5.17. The molecule has 0 heterocycles. The minimum Gasteiger partial charge on any atom is -0.484 e. The molecular weight excluding hydrogens is 313 g/mol. The van der Waals surface area contributed by atoms with Crippen LogP contribution in [-0.2, 0) is 15.3 Å². The molecule has 0 fully saturated rings. The van der Waals surface area contributed by atoms with E-state index in [-0.39, 0.29) is 18.0 Å². The van der Waals surface area contributed by atoms with E-state index in [2.05, 4.69) is 9.50 Å². The van der Waals surface area contributed by atoms with Crippen molar-refractivity contribution in [3.05, 3.63) is 54.6 Å². The van der Waals surface area contributed by atoms with Crippen LogP contribution in [0.4, 0.5) is 9.57 Å². The molecule has 0 saturated heterocycles. The number of benzene rings is 2. The molecule has 0 spiro atoms. The Hall–Kier alpha value is -2.61. The van der Waals surface area contributed by atoms with Crippen molar-refractivity contribution in [3.63, 3.8) is 0 Å². The van der Waals surface area contributed by atoms with E-state index in [1.807, 2.05) is 0 Å². The number of carbonyl (C=O) groups is 1. The zero-order valence-electron chi connectivity index (χ0n) is 11.2. The first-order valence-electron chi connectivity index (χ1n) is 6.15. The fourth-order valence-electron chi connectivity index (χ4n) is 1.60. The molecule has 0 aliphatic carbocycles. The average molecular weight is 325 g/mol. The maximum Gasteiger partial charge on any atom is 0.488 e. The third kappa shape index (κ3) is 5.06. The lowest BCUT2D eigenvalue weighted by Crippen LogP contribution is -2.20. The molecule has 22 heavy (non-hydrogen) atoms. The lowest BCUT2D eigenvalue weighted by atomic mass is 10.3. The lowest BCUT2D eigenvalue weighted by molar-refractivity contribution is -0.118. The highest BCUT2D eigenvalue weighted by Gasteiger charge is 2.14. The summed E-state index contributed by atoms with van der Waals surface area (Å²) in [6, 6.07) is 14.2. The molecule has 2 rings (SSSR count). The van der Waals surface area contributed by atoms with Crippen molar-refractivity contribution in [2.75, 3.05) is 11.9 Å². The lowest BCUT2D eigenvalue weighted by Gasteiger charge is -2.10. The van der Waals surface area contributed by atoms with Crippen LogP contribution in [0.15, 0.2) is 54.6 Å². The summed E-state index contributed by atoms with van der Waals surface area (Å²) in [6.07, 6.45) is 0. The average Bonchev–Trinajstić information content (AvgIpc) is 2.47. The quantitative estimate of drug-likeness (QED) is 0.824. The third-order valence-electron chi connectivity index (χ3n) is 2.46. The topological polar surface area (TPSA) is 81.7 Å². The van der Waals surface area contributed by atoms with Gasteiger partial charge in [-0.1, -0.05) is 34.2 Å². The molecule has 0 aliphatic rings. The van der Waals surface area contributed by atoms with Crippen LogP contribution in [-0.4, -0.2) is 20.9 Å². The molecule has 0 bridgehead atoms. The zero-order chi connectivity index (χ0) is 16.0. The number of hydrogen-bond donors (Lipinski definition) is 1. The molecule has 1 N–H and O–H groups in total. The highest BCUT2D eigenvalue weighted by Crippen LogP contribution is 2.25. The number of rotatable bonds is 6. The molecule has 1 amide bonds. The normalized spacial score (nSPS) is 10.8. The van der Waals surface area contributed by atoms with Crippen LogP contribution in [0.3, 0.4) is 0 Å². The first-order valence-corrected chi connectivity index (χ1v) is 7.46. The fourth-order valence-corrected chi connectivity index (χ4v) is 1.96. The summed E-state index contributed by atoms with van der Waals surface area (Å²) in [5.74, 6) is -0.359. The van der Waals surface area contributed by atoms with Gasteiger partial charge in [0.25, 0.3) is 5.91 Å². The first-order chi connectivity index (χ1) is 10.4.